The van der Waals surface area contributed by atoms with Gasteiger partial charge in [0.05, 0.1) is 16.2 Å². The van der Waals surface area contributed by atoms with E-state index < -0.39 is 18.3 Å². The Hall–Kier alpha value is -1.20. The minimum Gasteiger partial charge on any atom is -0.456 e. The van der Waals surface area contributed by atoms with Crippen LogP contribution in [0.4, 0.5) is 0 Å². The number of halogens is 2. The Morgan fingerprint density at radius 2 is 1.50 bits per heavy atom. The van der Waals surface area contributed by atoms with Crippen molar-refractivity contribution in [3.63, 3.8) is 0 Å². The highest BCUT2D eigenvalue weighted by Gasteiger charge is 2.52. The normalized spacial score (nSPS) is 18.7. The third-order valence-electron chi connectivity index (χ3n) is 4.54. The van der Waals surface area contributed by atoms with Gasteiger partial charge in [0.1, 0.15) is 11.5 Å². The van der Waals surface area contributed by atoms with Gasteiger partial charge >= 0.3 is 7.12 Å². The molecule has 0 radical (unpaired) electrons. The largest absolute Gasteiger partial charge is 0.498 e. The van der Waals surface area contributed by atoms with Crippen LogP contribution in [0.5, 0.6) is 11.5 Å². The molecule has 126 valence electrons. The second-order valence-electron chi connectivity index (χ2n) is 6.80. The number of ether oxygens (including phenoxy) is 1. The third-order valence-corrected chi connectivity index (χ3v) is 5.07. The Morgan fingerprint density at radius 3 is 2.12 bits per heavy atom. The maximum atomic E-state index is 6.21. The highest BCUT2D eigenvalue weighted by Crippen LogP contribution is 2.38. The summed E-state index contributed by atoms with van der Waals surface area (Å²) < 4.78 is 18.2. The van der Waals surface area contributed by atoms with Crippen LogP contribution >= 0.6 is 23.2 Å². The Labute approximate surface area is 153 Å². The SMILES string of the molecule is CC1(C)OB(c2ccccc2Oc2ccc(Cl)cc2Cl)OC1(C)C. The Balaban J connectivity index is 1.92. The van der Waals surface area contributed by atoms with E-state index in [1.807, 2.05) is 52.0 Å². The first kappa shape index (κ1) is 17.6. The molecule has 0 aliphatic carbocycles. The Kier molecular flexibility index (Phi) is 4.60. The lowest BCUT2D eigenvalue weighted by Gasteiger charge is -2.32. The molecule has 0 saturated carbocycles. The van der Waals surface area contributed by atoms with Gasteiger partial charge in [0, 0.05) is 10.5 Å². The molecule has 0 spiro atoms. The monoisotopic (exact) mass is 364 g/mol. The van der Waals surface area contributed by atoms with Crippen molar-refractivity contribution in [2.24, 2.45) is 0 Å². The van der Waals surface area contributed by atoms with Crippen molar-refractivity contribution >= 4 is 35.8 Å². The molecule has 2 aromatic rings. The topological polar surface area (TPSA) is 27.7 Å². The zero-order valence-electron chi connectivity index (χ0n) is 14.1. The van der Waals surface area contributed by atoms with Crippen LogP contribution in [0.15, 0.2) is 42.5 Å². The van der Waals surface area contributed by atoms with Gasteiger partial charge in [-0.3, -0.25) is 0 Å². The van der Waals surface area contributed by atoms with E-state index in [9.17, 15) is 0 Å². The molecule has 0 N–H and O–H groups in total. The standard InChI is InChI=1S/C18H19BCl2O3/c1-17(2)18(3,4)24-19(23-17)13-7-5-6-8-15(13)22-16-10-9-12(20)11-14(16)21/h5-11H,1-4H3. The van der Waals surface area contributed by atoms with Crippen LogP contribution in [0.1, 0.15) is 27.7 Å². The van der Waals surface area contributed by atoms with Gasteiger partial charge in [-0.25, -0.2) is 0 Å². The van der Waals surface area contributed by atoms with E-state index in [1.165, 1.54) is 0 Å². The summed E-state index contributed by atoms with van der Waals surface area (Å²) in [5.41, 5.74) is -0.00653. The highest BCUT2D eigenvalue weighted by atomic mass is 35.5. The molecule has 6 heteroatoms. The third kappa shape index (κ3) is 3.29. The maximum Gasteiger partial charge on any atom is 0.498 e. The lowest BCUT2D eigenvalue weighted by Crippen LogP contribution is -2.41. The van der Waals surface area contributed by atoms with Gasteiger partial charge in [-0.05, 0) is 52.0 Å². The van der Waals surface area contributed by atoms with Crippen molar-refractivity contribution in [1.29, 1.82) is 0 Å². The van der Waals surface area contributed by atoms with Crippen LogP contribution in [0.25, 0.3) is 0 Å². The van der Waals surface area contributed by atoms with E-state index >= 15 is 0 Å². The predicted molar refractivity (Wildman–Crippen MR) is 98.7 cm³/mol. The zero-order valence-corrected chi connectivity index (χ0v) is 15.6. The molecule has 0 aromatic heterocycles. The van der Waals surface area contributed by atoms with Crippen LogP contribution in [0.2, 0.25) is 10.0 Å². The van der Waals surface area contributed by atoms with Gasteiger partial charge in [-0.1, -0.05) is 41.4 Å². The first-order chi connectivity index (χ1) is 11.2. The lowest BCUT2D eigenvalue weighted by molar-refractivity contribution is 0.00578. The van der Waals surface area contributed by atoms with Crippen LogP contribution in [-0.4, -0.2) is 18.3 Å². The second kappa shape index (κ2) is 6.27. The molecule has 2 aromatic carbocycles. The molecule has 1 heterocycles. The fraction of sp³-hybridized carbons (Fsp3) is 0.333. The van der Waals surface area contributed by atoms with E-state index in [0.29, 0.717) is 21.5 Å². The van der Waals surface area contributed by atoms with Crippen LogP contribution in [-0.2, 0) is 9.31 Å². The summed E-state index contributed by atoms with van der Waals surface area (Å²) in [4.78, 5) is 0. The van der Waals surface area contributed by atoms with E-state index in [4.69, 9.17) is 37.2 Å². The van der Waals surface area contributed by atoms with E-state index in [-0.39, 0.29) is 0 Å². The van der Waals surface area contributed by atoms with Gasteiger partial charge in [0.15, 0.2) is 0 Å². The van der Waals surface area contributed by atoms with Crippen LogP contribution < -0.4 is 10.2 Å². The van der Waals surface area contributed by atoms with Crippen molar-refractivity contribution in [1.82, 2.24) is 0 Å². The predicted octanol–water partition coefficient (Wildman–Crippen LogP) is 5.08. The van der Waals surface area contributed by atoms with E-state index in [2.05, 4.69) is 0 Å². The smallest absolute Gasteiger partial charge is 0.456 e. The van der Waals surface area contributed by atoms with Crippen molar-refractivity contribution in [3.8, 4) is 11.5 Å². The molecule has 1 aliphatic rings. The Bertz CT molecular complexity index is 746. The van der Waals surface area contributed by atoms with Gasteiger partial charge in [-0.2, -0.15) is 0 Å². The van der Waals surface area contributed by atoms with Gasteiger partial charge in [-0.15, -0.1) is 0 Å². The molecule has 3 nitrogen and oxygen atoms in total. The maximum absolute atomic E-state index is 6.21. The fourth-order valence-corrected chi connectivity index (χ4v) is 2.86. The van der Waals surface area contributed by atoms with E-state index in [0.717, 1.165) is 5.46 Å². The van der Waals surface area contributed by atoms with Crippen molar-refractivity contribution in [3.05, 3.63) is 52.5 Å². The summed E-state index contributed by atoms with van der Waals surface area (Å²) in [6.07, 6.45) is 0. The average Bonchev–Trinajstić information content (AvgIpc) is 2.71. The molecule has 0 bridgehead atoms. The molecule has 0 unspecified atom stereocenters. The van der Waals surface area contributed by atoms with Gasteiger partial charge in [0.25, 0.3) is 0 Å². The molecule has 3 rings (SSSR count). The van der Waals surface area contributed by atoms with Crippen molar-refractivity contribution in [2.75, 3.05) is 0 Å². The number of benzene rings is 2. The zero-order chi connectivity index (χ0) is 17.5. The number of rotatable bonds is 3. The highest BCUT2D eigenvalue weighted by molar-refractivity contribution is 6.63. The molecule has 1 aliphatic heterocycles. The average molecular weight is 365 g/mol. The Morgan fingerprint density at radius 1 is 0.875 bits per heavy atom. The van der Waals surface area contributed by atoms with E-state index in [1.54, 1.807) is 18.2 Å². The summed E-state index contributed by atoms with van der Waals surface area (Å²) in [5.74, 6) is 1.17. The molecule has 1 saturated heterocycles. The summed E-state index contributed by atoms with van der Waals surface area (Å²) in [6, 6.07) is 12.7. The number of hydrogen-bond donors (Lipinski definition) is 0. The first-order valence-electron chi connectivity index (χ1n) is 7.77. The lowest BCUT2D eigenvalue weighted by atomic mass is 9.78. The number of para-hydroxylation sites is 1. The summed E-state index contributed by atoms with van der Waals surface area (Å²) in [5, 5.41) is 1.01. The summed E-state index contributed by atoms with van der Waals surface area (Å²) in [7, 11) is -0.503. The minimum atomic E-state index is -0.503. The van der Waals surface area contributed by atoms with Crippen LogP contribution in [0.3, 0.4) is 0 Å². The molecule has 1 fully saturated rings. The summed E-state index contributed by atoms with van der Waals surface area (Å²) in [6.45, 7) is 8.08. The van der Waals surface area contributed by atoms with Crippen molar-refractivity contribution in [2.45, 2.75) is 38.9 Å². The molecule has 0 amide bonds. The second-order valence-corrected chi connectivity index (χ2v) is 7.65. The van der Waals surface area contributed by atoms with Crippen molar-refractivity contribution < 1.29 is 14.0 Å². The molecule has 24 heavy (non-hydrogen) atoms. The first-order valence-corrected chi connectivity index (χ1v) is 8.53. The molecule has 0 atom stereocenters. The fourth-order valence-electron chi connectivity index (χ4n) is 2.41. The molecular formula is C18H19BCl2O3. The summed E-state index contributed by atoms with van der Waals surface area (Å²) >= 11 is 12.1. The van der Waals surface area contributed by atoms with Gasteiger partial charge in [0.2, 0.25) is 0 Å². The van der Waals surface area contributed by atoms with Gasteiger partial charge < -0.3 is 14.0 Å². The molecular weight excluding hydrogens is 346 g/mol. The number of hydrogen-bond acceptors (Lipinski definition) is 3. The minimum absolute atomic E-state index is 0.414. The quantitative estimate of drug-likeness (QED) is 0.710. The van der Waals surface area contributed by atoms with Crippen LogP contribution in [0, 0.1) is 0 Å².